The van der Waals surface area contributed by atoms with Gasteiger partial charge in [-0.3, -0.25) is 0 Å². The fraction of sp³-hybridized carbons (Fsp3) is 0.259. The van der Waals surface area contributed by atoms with Crippen LogP contribution in [0.2, 0.25) is 0 Å². The highest BCUT2D eigenvalue weighted by atomic mass is 19.4. The molecule has 35 heavy (non-hydrogen) atoms. The molecule has 0 bridgehead atoms. The van der Waals surface area contributed by atoms with Crippen LogP contribution < -0.4 is 0 Å². The lowest BCUT2D eigenvalue weighted by atomic mass is 9.98. The fourth-order valence-electron chi connectivity index (χ4n) is 3.71. The van der Waals surface area contributed by atoms with Crippen LogP contribution in [-0.2, 0) is 9.47 Å². The molecule has 0 atom stereocenters. The molecule has 1 heterocycles. The second-order valence-electron chi connectivity index (χ2n) is 8.15. The van der Waals surface area contributed by atoms with Crippen LogP contribution in [0.5, 0.6) is 0 Å². The van der Waals surface area contributed by atoms with Gasteiger partial charge in [-0.25, -0.2) is 13.2 Å². The number of hydrogen-bond donors (Lipinski definition) is 0. The van der Waals surface area contributed by atoms with Crippen LogP contribution in [0.1, 0.15) is 30.8 Å². The van der Waals surface area contributed by atoms with Crippen molar-refractivity contribution in [1.82, 2.24) is 0 Å². The van der Waals surface area contributed by atoms with Crippen LogP contribution in [0.15, 0.2) is 54.6 Å². The number of ether oxygens (including phenoxy) is 2. The van der Waals surface area contributed by atoms with Gasteiger partial charge in [0.2, 0.25) is 0 Å². The minimum Gasteiger partial charge on any atom is -0.348 e. The van der Waals surface area contributed by atoms with E-state index >= 15 is 0 Å². The maximum atomic E-state index is 14.9. The summed E-state index contributed by atoms with van der Waals surface area (Å²) in [5.41, 5.74) is 0.779. The van der Waals surface area contributed by atoms with Gasteiger partial charge in [-0.1, -0.05) is 49.2 Å². The summed E-state index contributed by atoms with van der Waals surface area (Å²) in [7, 11) is 0. The quantitative estimate of drug-likeness (QED) is 0.280. The van der Waals surface area contributed by atoms with Gasteiger partial charge in [-0.05, 0) is 41.3 Å². The number of rotatable bonds is 4. The Bertz CT molecular complexity index is 1240. The SMILES string of the molecule is CCC1COC(c2ccc(-c3ccc(-c4cc(F)c(C#CC(F)(F)F)c(F)c4)c(F)c3)cc2)OC1. The van der Waals surface area contributed by atoms with Gasteiger partial charge >= 0.3 is 6.18 Å². The van der Waals surface area contributed by atoms with E-state index in [1.165, 1.54) is 18.1 Å². The molecule has 3 aromatic rings. The molecule has 2 nitrogen and oxygen atoms in total. The fourth-order valence-corrected chi connectivity index (χ4v) is 3.71. The van der Waals surface area contributed by atoms with E-state index in [0.717, 1.165) is 30.0 Å². The van der Waals surface area contributed by atoms with Crippen LogP contribution >= 0.6 is 0 Å². The number of benzene rings is 3. The smallest absolute Gasteiger partial charge is 0.348 e. The van der Waals surface area contributed by atoms with E-state index in [1.807, 2.05) is 12.1 Å². The summed E-state index contributed by atoms with van der Waals surface area (Å²) < 4.78 is 91.6. The largest absolute Gasteiger partial charge is 0.458 e. The molecule has 1 aliphatic rings. The predicted octanol–water partition coefficient (Wildman–Crippen LogP) is 7.42. The Kier molecular flexibility index (Phi) is 7.20. The van der Waals surface area contributed by atoms with E-state index < -0.39 is 35.5 Å². The molecular formula is C27H20F6O2. The van der Waals surface area contributed by atoms with Gasteiger partial charge in [0.05, 0.1) is 18.8 Å². The minimum absolute atomic E-state index is 0.104. The second kappa shape index (κ2) is 10.1. The molecule has 8 heteroatoms. The molecule has 1 saturated heterocycles. The maximum Gasteiger partial charge on any atom is 0.458 e. The summed E-state index contributed by atoms with van der Waals surface area (Å²) in [6.45, 7) is 3.31. The first-order valence-corrected chi connectivity index (χ1v) is 10.9. The third-order valence-electron chi connectivity index (χ3n) is 5.71. The maximum absolute atomic E-state index is 14.9. The highest BCUT2D eigenvalue weighted by Crippen LogP contribution is 2.32. The average molecular weight is 490 g/mol. The van der Waals surface area contributed by atoms with Crippen molar-refractivity contribution in [2.75, 3.05) is 13.2 Å². The summed E-state index contributed by atoms with van der Waals surface area (Å²) >= 11 is 0. The Hall–Kier alpha value is -3.28. The zero-order valence-corrected chi connectivity index (χ0v) is 18.6. The Balaban J connectivity index is 1.55. The van der Waals surface area contributed by atoms with Crippen molar-refractivity contribution in [2.24, 2.45) is 5.92 Å². The molecular weight excluding hydrogens is 470 g/mol. The van der Waals surface area contributed by atoms with Crippen molar-refractivity contribution in [3.8, 4) is 34.1 Å². The van der Waals surface area contributed by atoms with E-state index in [-0.39, 0.29) is 11.1 Å². The van der Waals surface area contributed by atoms with Crippen LogP contribution in [0.3, 0.4) is 0 Å². The topological polar surface area (TPSA) is 18.5 Å². The van der Waals surface area contributed by atoms with E-state index in [2.05, 4.69) is 6.92 Å². The lowest BCUT2D eigenvalue weighted by Crippen LogP contribution is -2.26. The predicted molar refractivity (Wildman–Crippen MR) is 119 cm³/mol. The van der Waals surface area contributed by atoms with Crippen LogP contribution in [0.25, 0.3) is 22.3 Å². The number of hydrogen-bond acceptors (Lipinski definition) is 2. The molecule has 0 radical (unpaired) electrons. The van der Waals surface area contributed by atoms with Crippen molar-refractivity contribution < 1.29 is 35.8 Å². The Morgan fingerprint density at radius 3 is 1.91 bits per heavy atom. The van der Waals surface area contributed by atoms with Crippen molar-refractivity contribution >= 4 is 0 Å². The summed E-state index contributed by atoms with van der Waals surface area (Å²) in [6.07, 6.45) is -4.38. The highest BCUT2D eigenvalue weighted by molar-refractivity contribution is 5.72. The van der Waals surface area contributed by atoms with E-state index in [4.69, 9.17) is 9.47 Å². The van der Waals surface area contributed by atoms with Gasteiger partial charge in [0.1, 0.15) is 17.5 Å². The molecule has 3 aromatic carbocycles. The zero-order chi connectivity index (χ0) is 25.2. The summed E-state index contributed by atoms with van der Waals surface area (Å²) in [6, 6.07) is 12.9. The monoisotopic (exact) mass is 490 g/mol. The lowest BCUT2D eigenvalue weighted by Gasteiger charge is -2.29. The summed E-state index contributed by atoms with van der Waals surface area (Å²) in [4.78, 5) is 0. The molecule has 0 spiro atoms. The first-order valence-electron chi connectivity index (χ1n) is 10.9. The molecule has 0 aromatic heterocycles. The van der Waals surface area contributed by atoms with Gasteiger partial charge in [-0.2, -0.15) is 13.2 Å². The minimum atomic E-state index is -4.90. The average Bonchev–Trinajstić information content (AvgIpc) is 2.83. The molecule has 0 saturated carbocycles. The number of halogens is 6. The first kappa shape index (κ1) is 24.8. The van der Waals surface area contributed by atoms with Gasteiger partial charge in [-0.15, -0.1) is 0 Å². The third-order valence-corrected chi connectivity index (χ3v) is 5.71. The molecule has 0 aliphatic carbocycles. The van der Waals surface area contributed by atoms with Crippen molar-refractivity contribution in [1.29, 1.82) is 0 Å². The lowest BCUT2D eigenvalue weighted by molar-refractivity contribution is -0.205. The first-order chi connectivity index (χ1) is 16.6. The van der Waals surface area contributed by atoms with Gasteiger partial charge < -0.3 is 9.47 Å². The van der Waals surface area contributed by atoms with Crippen molar-refractivity contribution in [2.45, 2.75) is 25.8 Å². The van der Waals surface area contributed by atoms with Crippen LogP contribution in [0.4, 0.5) is 26.3 Å². The zero-order valence-electron chi connectivity index (χ0n) is 18.6. The van der Waals surface area contributed by atoms with E-state index in [1.54, 1.807) is 18.2 Å². The third kappa shape index (κ3) is 5.87. The van der Waals surface area contributed by atoms with Gasteiger partial charge in [0, 0.05) is 23.0 Å². The molecule has 0 unspecified atom stereocenters. The number of alkyl halides is 3. The molecule has 4 rings (SSSR count). The second-order valence-corrected chi connectivity index (χ2v) is 8.15. The van der Waals surface area contributed by atoms with E-state index in [9.17, 15) is 26.3 Å². The van der Waals surface area contributed by atoms with Gasteiger partial charge in [0.25, 0.3) is 0 Å². The Morgan fingerprint density at radius 2 is 1.37 bits per heavy atom. The molecule has 1 fully saturated rings. The normalized spacial score (nSPS) is 18.1. The van der Waals surface area contributed by atoms with Crippen LogP contribution in [-0.4, -0.2) is 19.4 Å². The summed E-state index contributed by atoms with van der Waals surface area (Å²) in [5.74, 6) is -0.729. The standard InChI is InChI=1S/C27H20F6O2/c1-2-16-14-34-26(35-15-16)18-5-3-17(4-6-18)19-7-8-21(23(28)11-19)20-12-24(29)22(25(30)13-20)9-10-27(31,32)33/h3-8,11-13,16,26H,2,14-15H2,1H3. The Labute approximate surface area is 198 Å². The molecule has 0 N–H and O–H groups in total. The molecule has 182 valence electrons. The van der Waals surface area contributed by atoms with Crippen LogP contribution in [0, 0.1) is 35.2 Å². The van der Waals surface area contributed by atoms with Crippen molar-refractivity contribution in [3.63, 3.8) is 0 Å². The highest BCUT2D eigenvalue weighted by Gasteiger charge is 2.24. The molecule has 1 aliphatic heterocycles. The van der Waals surface area contributed by atoms with Crippen molar-refractivity contribution in [3.05, 3.63) is 83.2 Å². The Morgan fingerprint density at radius 1 is 0.800 bits per heavy atom. The summed E-state index contributed by atoms with van der Waals surface area (Å²) in [5, 5.41) is 0. The van der Waals surface area contributed by atoms with E-state index in [0.29, 0.717) is 30.3 Å². The molecule has 0 amide bonds. The van der Waals surface area contributed by atoms with Gasteiger partial charge in [0.15, 0.2) is 6.29 Å².